The van der Waals surface area contributed by atoms with E-state index >= 15 is 0 Å². The van der Waals surface area contributed by atoms with E-state index in [4.69, 9.17) is 23.2 Å². The Hall–Kier alpha value is -2.53. The van der Waals surface area contributed by atoms with Crippen LogP contribution in [0.15, 0.2) is 72.8 Å². The number of amides is 1. The number of nitrogens with zero attached hydrogens (tertiary/aromatic N) is 3. The number of hydrogen-bond donors (Lipinski definition) is 0. The van der Waals surface area contributed by atoms with Crippen molar-refractivity contribution in [3.8, 4) is 0 Å². The number of carbonyl (C=O) groups is 1. The summed E-state index contributed by atoms with van der Waals surface area (Å²) in [6.45, 7) is 5.75. The van der Waals surface area contributed by atoms with Gasteiger partial charge in [-0.2, -0.15) is 0 Å². The highest BCUT2D eigenvalue weighted by Gasteiger charge is 2.33. The molecule has 0 aromatic heterocycles. The SMILES string of the molecule is O=C1Cc2ccccc2C(c2ccc(Cl)cc2)N1CCCN1CCN(c2cccc(Cl)c2)CC1. The molecule has 1 amide bonds. The van der Waals surface area contributed by atoms with Gasteiger partial charge in [0, 0.05) is 48.5 Å². The molecular weight excluding hydrogens is 465 g/mol. The van der Waals surface area contributed by atoms with Gasteiger partial charge in [0.1, 0.15) is 0 Å². The number of halogens is 2. The van der Waals surface area contributed by atoms with Gasteiger partial charge in [-0.3, -0.25) is 9.69 Å². The molecule has 0 bridgehead atoms. The highest BCUT2D eigenvalue weighted by Crippen LogP contribution is 2.36. The van der Waals surface area contributed by atoms with E-state index in [0.717, 1.165) is 61.8 Å². The molecule has 2 heterocycles. The summed E-state index contributed by atoms with van der Waals surface area (Å²) >= 11 is 12.3. The monoisotopic (exact) mass is 493 g/mol. The van der Waals surface area contributed by atoms with Crippen LogP contribution in [0.25, 0.3) is 0 Å². The fourth-order valence-corrected chi connectivity index (χ4v) is 5.47. The molecule has 2 aliphatic rings. The molecule has 1 saturated heterocycles. The number of rotatable bonds is 6. The first-order valence-corrected chi connectivity index (χ1v) is 12.7. The minimum absolute atomic E-state index is 0.0607. The Kier molecular flexibility index (Phi) is 7.10. The smallest absolute Gasteiger partial charge is 0.227 e. The van der Waals surface area contributed by atoms with Gasteiger partial charge in [0.2, 0.25) is 5.91 Å². The lowest BCUT2D eigenvalue weighted by atomic mass is 9.87. The molecule has 0 N–H and O–H groups in total. The average Bonchev–Trinajstić information content (AvgIpc) is 2.85. The second-order valence-corrected chi connectivity index (χ2v) is 9.95. The maximum Gasteiger partial charge on any atom is 0.227 e. The highest BCUT2D eigenvalue weighted by molar-refractivity contribution is 6.31. The molecule has 0 saturated carbocycles. The first-order chi connectivity index (χ1) is 16.6. The van der Waals surface area contributed by atoms with Crippen molar-refractivity contribution in [1.29, 1.82) is 0 Å². The lowest BCUT2D eigenvalue weighted by Gasteiger charge is -2.39. The maximum atomic E-state index is 13.2. The topological polar surface area (TPSA) is 26.8 Å². The summed E-state index contributed by atoms with van der Waals surface area (Å²) in [6, 6.07) is 24.3. The zero-order valence-corrected chi connectivity index (χ0v) is 20.7. The van der Waals surface area contributed by atoms with Gasteiger partial charge in [0.15, 0.2) is 0 Å². The van der Waals surface area contributed by atoms with Gasteiger partial charge in [-0.15, -0.1) is 0 Å². The fraction of sp³-hybridized carbons (Fsp3) is 0.321. The van der Waals surface area contributed by atoms with Crippen molar-refractivity contribution in [3.05, 3.63) is 99.5 Å². The standard InChI is InChI=1S/C28H29Cl2N3O/c29-23-11-9-21(10-12-23)28-26-8-2-1-5-22(26)19-27(34)33(28)14-4-13-31-15-17-32(18-16-31)25-7-3-6-24(30)20-25/h1-3,5-12,20,28H,4,13-19H2. The van der Waals surface area contributed by atoms with Gasteiger partial charge >= 0.3 is 0 Å². The summed E-state index contributed by atoms with van der Waals surface area (Å²) in [5.74, 6) is 0.199. The molecule has 1 unspecified atom stereocenters. The first-order valence-electron chi connectivity index (χ1n) is 11.9. The van der Waals surface area contributed by atoms with Gasteiger partial charge in [-0.25, -0.2) is 0 Å². The Labute approximate surface area is 211 Å². The van der Waals surface area contributed by atoms with Crippen molar-refractivity contribution in [2.75, 3.05) is 44.2 Å². The van der Waals surface area contributed by atoms with Crippen LogP contribution in [0.1, 0.15) is 29.2 Å². The zero-order chi connectivity index (χ0) is 23.5. The molecule has 0 aliphatic carbocycles. The summed E-state index contributed by atoms with van der Waals surface area (Å²) in [5, 5.41) is 1.49. The van der Waals surface area contributed by atoms with Crippen LogP contribution in [0, 0.1) is 0 Å². The number of hydrogen-bond acceptors (Lipinski definition) is 3. The molecule has 1 fully saturated rings. The van der Waals surface area contributed by atoms with Crippen LogP contribution in [0.2, 0.25) is 10.0 Å². The van der Waals surface area contributed by atoms with Crippen LogP contribution < -0.4 is 4.90 Å². The Balaban J connectivity index is 1.23. The van der Waals surface area contributed by atoms with Crippen molar-refractivity contribution in [2.24, 2.45) is 0 Å². The average molecular weight is 494 g/mol. The van der Waals surface area contributed by atoms with Crippen LogP contribution in [0.5, 0.6) is 0 Å². The van der Waals surface area contributed by atoms with Crippen molar-refractivity contribution in [1.82, 2.24) is 9.80 Å². The maximum absolute atomic E-state index is 13.2. The fourth-order valence-electron chi connectivity index (χ4n) is 5.16. The lowest BCUT2D eigenvalue weighted by Crippen LogP contribution is -2.47. The van der Waals surface area contributed by atoms with Crippen molar-refractivity contribution in [2.45, 2.75) is 18.9 Å². The summed E-state index contributed by atoms with van der Waals surface area (Å²) in [6.07, 6.45) is 1.42. The molecule has 2 aliphatic heterocycles. The Bertz CT molecular complexity index is 1140. The summed E-state index contributed by atoms with van der Waals surface area (Å²) < 4.78 is 0. The van der Waals surface area contributed by atoms with Gasteiger partial charge < -0.3 is 9.80 Å². The van der Waals surface area contributed by atoms with E-state index in [-0.39, 0.29) is 11.9 Å². The van der Waals surface area contributed by atoms with E-state index in [1.54, 1.807) is 0 Å². The highest BCUT2D eigenvalue weighted by atomic mass is 35.5. The van der Waals surface area contributed by atoms with Gasteiger partial charge in [-0.05, 0) is 60.0 Å². The van der Waals surface area contributed by atoms with E-state index in [0.29, 0.717) is 11.4 Å². The van der Waals surface area contributed by atoms with Crippen LogP contribution in [-0.4, -0.2) is 55.0 Å². The molecule has 4 nitrogen and oxygen atoms in total. The number of piperazine rings is 1. The minimum atomic E-state index is -0.0607. The zero-order valence-electron chi connectivity index (χ0n) is 19.2. The predicted molar refractivity (Wildman–Crippen MR) is 140 cm³/mol. The normalized spacial score (nSPS) is 18.8. The predicted octanol–water partition coefficient (Wildman–Crippen LogP) is 5.68. The van der Waals surface area contributed by atoms with Gasteiger partial charge in [0.05, 0.1) is 12.5 Å². The summed E-state index contributed by atoms with van der Waals surface area (Å²) in [4.78, 5) is 20.1. The number of anilines is 1. The Morgan fingerprint density at radius 3 is 2.32 bits per heavy atom. The molecule has 3 aromatic rings. The number of carbonyl (C=O) groups excluding carboxylic acids is 1. The molecule has 176 valence electrons. The number of benzene rings is 3. The third-order valence-corrected chi connectivity index (χ3v) is 7.42. The second kappa shape index (κ2) is 10.4. The quantitative estimate of drug-likeness (QED) is 0.441. The van der Waals surface area contributed by atoms with Crippen molar-refractivity contribution < 1.29 is 4.79 Å². The van der Waals surface area contributed by atoms with E-state index in [1.165, 1.54) is 11.3 Å². The van der Waals surface area contributed by atoms with Gasteiger partial charge in [0.25, 0.3) is 0 Å². The van der Waals surface area contributed by atoms with E-state index < -0.39 is 0 Å². The number of fused-ring (bicyclic) bond motifs is 1. The molecule has 0 radical (unpaired) electrons. The second-order valence-electron chi connectivity index (χ2n) is 9.08. The Morgan fingerprint density at radius 1 is 0.794 bits per heavy atom. The van der Waals surface area contributed by atoms with E-state index in [1.807, 2.05) is 48.5 Å². The molecule has 1 atom stereocenters. The van der Waals surface area contributed by atoms with E-state index in [9.17, 15) is 4.79 Å². The first kappa shape index (κ1) is 23.2. The van der Waals surface area contributed by atoms with Crippen LogP contribution in [0.4, 0.5) is 5.69 Å². The molecular formula is C28H29Cl2N3O. The van der Waals surface area contributed by atoms with E-state index in [2.05, 4.69) is 39.0 Å². The molecule has 3 aromatic carbocycles. The van der Waals surface area contributed by atoms with Crippen LogP contribution in [-0.2, 0) is 11.2 Å². The minimum Gasteiger partial charge on any atom is -0.369 e. The largest absolute Gasteiger partial charge is 0.369 e. The lowest BCUT2D eigenvalue weighted by molar-refractivity contribution is -0.133. The molecule has 5 rings (SSSR count). The Morgan fingerprint density at radius 2 is 1.56 bits per heavy atom. The van der Waals surface area contributed by atoms with Crippen molar-refractivity contribution in [3.63, 3.8) is 0 Å². The van der Waals surface area contributed by atoms with Crippen molar-refractivity contribution >= 4 is 34.8 Å². The van der Waals surface area contributed by atoms with Crippen LogP contribution in [0.3, 0.4) is 0 Å². The third-order valence-electron chi connectivity index (χ3n) is 6.93. The summed E-state index contributed by atoms with van der Waals surface area (Å²) in [5.41, 5.74) is 4.65. The third kappa shape index (κ3) is 5.10. The molecule has 6 heteroatoms. The molecule has 0 spiro atoms. The van der Waals surface area contributed by atoms with Gasteiger partial charge in [-0.1, -0.05) is 65.7 Å². The summed E-state index contributed by atoms with van der Waals surface area (Å²) in [7, 11) is 0. The van der Waals surface area contributed by atoms with Crippen LogP contribution >= 0.6 is 23.2 Å². The molecule has 34 heavy (non-hydrogen) atoms.